The molecule has 0 aliphatic heterocycles. The number of sulfonamides is 2. The van der Waals surface area contributed by atoms with Gasteiger partial charge in [-0.15, -0.1) is 12.4 Å². The van der Waals surface area contributed by atoms with Gasteiger partial charge < -0.3 is 15.8 Å². The molecule has 0 saturated heterocycles. The molecule has 0 aliphatic rings. The van der Waals surface area contributed by atoms with E-state index in [1.165, 1.54) is 24.3 Å². The van der Waals surface area contributed by atoms with E-state index < -0.39 is 55.6 Å². The van der Waals surface area contributed by atoms with Gasteiger partial charge in [0, 0.05) is 0 Å². The molecular weight excluding hydrogens is 632 g/mol. The molecule has 3 amide bonds. The van der Waals surface area contributed by atoms with E-state index in [1.54, 1.807) is 57.2 Å². The Morgan fingerprint density at radius 2 is 1.11 bits per heavy atom. The van der Waals surface area contributed by atoms with Gasteiger partial charge in [-0.1, -0.05) is 64.1 Å². The summed E-state index contributed by atoms with van der Waals surface area (Å²) in [6.07, 6.45) is -0.0590. The SMILES string of the molecule is CC(C)C[C@H](N)C(=O)NS(=O)(=O)c1ccccc1.CC(C)C[C@H](NC(=O)OC(C)(C)C)C(=O)NS(=O)(=O)c1ccccc1.Cl. The first-order valence-corrected chi connectivity index (χ1v) is 16.7. The van der Waals surface area contributed by atoms with Crippen LogP contribution in [0.15, 0.2) is 70.5 Å². The normalized spacial score (nSPS) is 13.0. The Labute approximate surface area is 267 Å². The van der Waals surface area contributed by atoms with Gasteiger partial charge in [0.15, 0.2) is 0 Å². The Morgan fingerprint density at radius 3 is 1.48 bits per heavy atom. The van der Waals surface area contributed by atoms with Gasteiger partial charge in [0.05, 0.1) is 15.8 Å². The van der Waals surface area contributed by atoms with Gasteiger partial charge in [-0.3, -0.25) is 9.59 Å². The molecule has 44 heavy (non-hydrogen) atoms. The summed E-state index contributed by atoms with van der Waals surface area (Å²) in [4.78, 5) is 36.0. The van der Waals surface area contributed by atoms with Crippen molar-refractivity contribution in [2.45, 2.75) is 88.8 Å². The zero-order valence-corrected chi connectivity index (χ0v) is 28.5. The minimum absolute atomic E-state index is 0. The van der Waals surface area contributed by atoms with Crippen LogP contribution in [0.1, 0.15) is 61.3 Å². The summed E-state index contributed by atoms with van der Waals surface area (Å²) in [5, 5.41) is 2.44. The molecule has 248 valence electrons. The van der Waals surface area contributed by atoms with E-state index in [0.717, 1.165) is 0 Å². The molecule has 0 fully saturated rings. The van der Waals surface area contributed by atoms with Gasteiger partial charge in [0.25, 0.3) is 31.9 Å². The van der Waals surface area contributed by atoms with Crippen LogP contribution < -0.4 is 20.5 Å². The van der Waals surface area contributed by atoms with Crippen molar-refractivity contribution in [2.24, 2.45) is 17.6 Å². The van der Waals surface area contributed by atoms with E-state index in [0.29, 0.717) is 6.42 Å². The molecule has 2 atom stereocenters. The van der Waals surface area contributed by atoms with Gasteiger partial charge in [-0.25, -0.2) is 31.1 Å². The molecule has 12 nitrogen and oxygen atoms in total. The topological polar surface area (TPSA) is 191 Å². The van der Waals surface area contributed by atoms with Crippen LogP contribution in [0.3, 0.4) is 0 Å². The Kier molecular flexibility index (Phi) is 16.6. The average molecular weight is 677 g/mol. The van der Waals surface area contributed by atoms with Crippen LogP contribution in [-0.4, -0.2) is 52.4 Å². The third kappa shape index (κ3) is 15.5. The van der Waals surface area contributed by atoms with E-state index in [4.69, 9.17) is 10.5 Å². The number of amides is 3. The molecule has 15 heteroatoms. The van der Waals surface area contributed by atoms with Crippen LogP contribution >= 0.6 is 12.4 Å². The Hall–Kier alpha value is -3.20. The number of hydrogen-bond donors (Lipinski definition) is 4. The predicted octanol–water partition coefficient (Wildman–Crippen LogP) is 3.72. The number of halogens is 1. The van der Waals surface area contributed by atoms with Crippen molar-refractivity contribution in [3.8, 4) is 0 Å². The highest BCUT2D eigenvalue weighted by Crippen LogP contribution is 2.12. The lowest BCUT2D eigenvalue weighted by Crippen LogP contribution is -2.50. The van der Waals surface area contributed by atoms with Crippen LogP contribution in [0.25, 0.3) is 0 Å². The summed E-state index contributed by atoms with van der Waals surface area (Å²) in [7, 11) is -7.82. The lowest BCUT2D eigenvalue weighted by atomic mass is 10.0. The van der Waals surface area contributed by atoms with Crippen LogP contribution in [-0.2, 0) is 34.4 Å². The third-order valence-corrected chi connectivity index (χ3v) is 8.08. The van der Waals surface area contributed by atoms with Crippen molar-refractivity contribution in [2.75, 3.05) is 0 Å². The maximum atomic E-state index is 12.4. The van der Waals surface area contributed by atoms with Crippen molar-refractivity contribution in [3.63, 3.8) is 0 Å². The van der Waals surface area contributed by atoms with Crippen LogP contribution in [0.5, 0.6) is 0 Å². The van der Waals surface area contributed by atoms with Gasteiger partial charge in [0.2, 0.25) is 0 Å². The molecule has 2 aromatic carbocycles. The van der Waals surface area contributed by atoms with E-state index in [-0.39, 0.29) is 40.5 Å². The number of nitrogens with two attached hydrogens (primary N) is 1. The van der Waals surface area contributed by atoms with Crippen molar-refractivity contribution in [1.82, 2.24) is 14.8 Å². The summed E-state index contributed by atoms with van der Waals surface area (Å²) in [6.45, 7) is 12.7. The van der Waals surface area contributed by atoms with Crippen molar-refractivity contribution >= 4 is 50.4 Å². The van der Waals surface area contributed by atoms with Crippen LogP contribution in [0.4, 0.5) is 4.79 Å². The van der Waals surface area contributed by atoms with E-state index in [2.05, 4.69) is 5.32 Å². The minimum atomic E-state index is -4.00. The fraction of sp³-hybridized carbons (Fsp3) is 0.483. The zero-order valence-electron chi connectivity index (χ0n) is 26.1. The second-order valence-electron chi connectivity index (χ2n) is 11.6. The van der Waals surface area contributed by atoms with Crippen LogP contribution in [0, 0.1) is 11.8 Å². The molecule has 0 radical (unpaired) electrons. The van der Waals surface area contributed by atoms with Crippen molar-refractivity contribution in [3.05, 3.63) is 60.7 Å². The maximum Gasteiger partial charge on any atom is 0.408 e. The fourth-order valence-corrected chi connectivity index (χ4v) is 5.59. The summed E-state index contributed by atoms with van der Waals surface area (Å²) in [6, 6.07) is 13.4. The Bertz CT molecular complexity index is 1410. The average Bonchev–Trinajstić information content (AvgIpc) is 2.87. The summed E-state index contributed by atoms with van der Waals surface area (Å²) < 4.78 is 57.4. The highest BCUT2D eigenvalue weighted by Gasteiger charge is 2.28. The highest BCUT2D eigenvalue weighted by atomic mass is 35.5. The smallest absolute Gasteiger partial charge is 0.408 e. The van der Waals surface area contributed by atoms with Crippen molar-refractivity contribution in [1.29, 1.82) is 0 Å². The second-order valence-corrected chi connectivity index (χ2v) is 15.0. The Morgan fingerprint density at radius 1 is 0.727 bits per heavy atom. The van der Waals surface area contributed by atoms with Gasteiger partial charge in [-0.2, -0.15) is 0 Å². The molecule has 0 aliphatic carbocycles. The van der Waals surface area contributed by atoms with E-state index in [1.807, 2.05) is 37.1 Å². The lowest BCUT2D eigenvalue weighted by molar-refractivity contribution is -0.122. The number of ether oxygens (including phenoxy) is 1. The maximum absolute atomic E-state index is 12.4. The Balaban J connectivity index is 0.000000863. The highest BCUT2D eigenvalue weighted by molar-refractivity contribution is 7.90. The van der Waals surface area contributed by atoms with Gasteiger partial charge in [-0.05, 0) is 69.7 Å². The number of carbonyl (C=O) groups excluding carboxylic acids is 3. The molecule has 0 heterocycles. The summed E-state index contributed by atoms with van der Waals surface area (Å²) >= 11 is 0. The molecule has 0 saturated carbocycles. The standard InChI is InChI=1S/C17H26N2O5S.C12H18N2O3S.ClH/c1-12(2)11-14(18-16(21)24-17(3,4)5)15(20)19-25(22,23)13-9-7-6-8-10-13;1-9(2)8-11(13)12(15)14-18(16,17)10-6-4-3-5-7-10;/h6-10,12,14H,11H2,1-5H3,(H,18,21)(H,19,20);3-7,9,11H,8,13H2,1-2H3,(H,14,15);1H/t14-;11-;/m00./s1. The largest absolute Gasteiger partial charge is 0.444 e. The minimum Gasteiger partial charge on any atom is -0.444 e. The number of alkyl carbamates (subject to hydrolysis) is 1. The van der Waals surface area contributed by atoms with E-state index in [9.17, 15) is 31.2 Å². The first-order chi connectivity index (χ1) is 19.7. The molecule has 2 aromatic rings. The zero-order chi connectivity index (χ0) is 33.0. The fourth-order valence-electron chi connectivity index (χ4n) is 3.50. The second kappa shape index (κ2) is 17.9. The van der Waals surface area contributed by atoms with Crippen molar-refractivity contribution < 1.29 is 36.0 Å². The molecule has 0 spiro atoms. The number of carbonyl (C=O) groups is 3. The molecule has 2 rings (SSSR count). The molecule has 0 bridgehead atoms. The third-order valence-electron chi connectivity index (χ3n) is 5.35. The van der Waals surface area contributed by atoms with Gasteiger partial charge in [0.1, 0.15) is 11.6 Å². The number of rotatable bonds is 11. The molecule has 0 unspecified atom stereocenters. The molecule has 0 aromatic heterocycles. The van der Waals surface area contributed by atoms with E-state index >= 15 is 0 Å². The number of hydrogen-bond acceptors (Lipinski definition) is 9. The summed E-state index contributed by atoms with van der Waals surface area (Å²) in [5.41, 5.74) is 4.90. The monoisotopic (exact) mass is 676 g/mol. The number of benzene rings is 2. The summed E-state index contributed by atoms with van der Waals surface area (Å²) in [5.74, 6) is -1.19. The lowest BCUT2D eigenvalue weighted by Gasteiger charge is -2.24. The number of nitrogens with one attached hydrogen (secondary N) is 3. The quantitative estimate of drug-likeness (QED) is 0.275. The molecule has 5 N–H and O–H groups in total. The van der Waals surface area contributed by atoms with Crippen LogP contribution in [0.2, 0.25) is 0 Å². The van der Waals surface area contributed by atoms with Gasteiger partial charge >= 0.3 is 6.09 Å². The molecular formula is C29H45ClN4O8S2. The first kappa shape index (κ1) is 40.8. The predicted molar refractivity (Wildman–Crippen MR) is 171 cm³/mol. The first-order valence-electron chi connectivity index (χ1n) is 13.7.